The van der Waals surface area contributed by atoms with Crippen molar-refractivity contribution < 1.29 is 36.1 Å². The van der Waals surface area contributed by atoms with Gasteiger partial charge in [-0.2, -0.15) is 0 Å². The molecule has 0 aliphatic carbocycles. The van der Waals surface area contributed by atoms with Gasteiger partial charge in [-0.1, -0.05) is 30.3 Å². The minimum absolute atomic E-state index is 0. The summed E-state index contributed by atoms with van der Waals surface area (Å²) in [4.78, 5) is 35.9. The second-order valence-corrected chi connectivity index (χ2v) is 14.0. The molecular formula is C46H52N4O7. The summed E-state index contributed by atoms with van der Waals surface area (Å²) >= 11 is 0. The van der Waals surface area contributed by atoms with Gasteiger partial charge in [0, 0.05) is 58.2 Å². The monoisotopic (exact) mass is 772 g/mol. The van der Waals surface area contributed by atoms with Gasteiger partial charge in [0.25, 0.3) is 11.8 Å². The van der Waals surface area contributed by atoms with Gasteiger partial charge in [-0.15, -0.1) is 6.58 Å². The minimum atomic E-state index is -0.187. The van der Waals surface area contributed by atoms with Crippen LogP contribution in [0.1, 0.15) is 66.4 Å². The third-order valence-electron chi connectivity index (χ3n) is 10.4. The van der Waals surface area contributed by atoms with E-state index in [2.05, 4.69) is 43.1 Å². The van der Waals surface area contributed by atoms with Crippen molar-refractivity contribution in [2.45, 2.75) is 45.2 Å². The van der Waals surface area contributed by atoms with Crippen LogP contribution in [0.25, 0.3) is 11.1 Å². The van der Waals surface area contributed by atoms with E-state index in [1.165, 1.54) is 0 Å². The van der Waals surface area contributed by atoms with E-state index in [0.717, 1.165) is 45.8 Å². The van der Waals surface area contributed by atoms with Crippen molar-refractivity contribution in [1.29, 1.82) is 0 Å². The van der Waals surface area contributed by atoms with Crippen LogP contribution < -0.4 is 29.0 Å². The fourth-order valence-electron chi connectivity index (χ4n) is 7.35. The van der Waals surface area contributed by atoms with Crippen LogP contribution in [0.3, 0.4) is 0 Å². The van der Waals surface area contributed by atoms with Gasteiger partial charge in [0.2, 0.25) is 0 Å². The van der Waals surface area contributed by atoms with Crippen molar-refractivity contribution in [2.75, 3.05) is 46.4 Å². The highest BCUT2D eigenvalue weighted by atomic mass is 16.5. The number of fused-ring (bicyclic) bond motifs is 2. The van der Waals surface area contributed by atoms with Crippen LogP contribution in [-0.2, 0) is 0 Å². The predicted molar refractivity (Wildman–Crippen MR) is 228 cm³/mol. The van der Waals surface area contributed by atoms with Crippen LogP contribution in [-0.4, -0.2) is 81.0 Å². The topological polar surface area (TPSA) is 111 Å². The fourth-order valence-corrected chi connectivity index (χ4v) is 7.35. The minimum Gasteiger partial charge on any atom is -0.497 e. The summed E-state index contributed by atoms with van der Waals surface area (Å²) in [5.74, 6) is 2.41. The summed E-state index contributed by atoms with van der Waals surface area (Å²) in [6.07, 6.45) is 9.33. The lowest BCUT2D eigenvalue weighted by atomic mass is 10.0. The molecule has 0 aromatic heterocycles. The Labute approximate surface area is 336 Å². The van der Waals surface area contributed by atoms with Gasteiger partial charge in [0.15, 0.2) is 23.0 Å². The predicted octanol–water partition coefficient (Wildman–Crippen LogP) is 9.21. The van der Waals surface area contributed by atoms with E-state index in [-0.39, 0.29) is 26.8 Å². The molecule has 3 aliphatic heterocycles. The van der Waals surface area contributed by atoms with Crippen LogP contribution in [0.5, 0.6) is 28.7 Å². The van der Waals surface area contributed by atoms with Crippen molar-refractivity contribution in [3.63, 3.8) is 0 Å². The van der Waals surface area contributed by atoms with Crippen molar-refractivity contribution in [1.82, 2.24) is 9.80 Å². The van der Waals surface area contributed by atoms with Gasteiger partial charge in [-0.25, -0.2) is 0 Å². The average molecular weight is 773 g/mol. The number of anilines is 1. The maximum Gasteiger partial charge on any atom is 0.260 e. The number of ether oxygens (including phenoxy) is 5. The molecule has 0 radical (unpaired) electrons. The molecule has 2 atom stereocenters. The van der Waals surface area contributed by atoms with Gasteiger partial charge >= 0.3 is 0 Å². The second kappa shape index (κ2) is 17.1. The summed E-state index contributed by atoms with van der Waals surface area (Å²) in [6.45, 7) is 9.44. The highest BCUT2D eigenvalue weighted by molar-refractivity contribution is 6.05. The van der Waals surface area contributed by atoms with Gasteiger partial charge < -0.3 is 38.8 Å². The van der Waals surface area contributed by atoms with Crippen molar-refractivity contribution >= 4 is 40.5 Å². The molecule has 298 valence electrons. The molecule has 4 aromatic carbocycles. The van der Waals surface area contributed by atoms with E-state index >= 15 is 0 Å². The molecule has 1 unspecified atom stereocenters. The highest BCUT2D eigenvalue weighted by Crippen LogP contribution is 2.40. The number of aryl methyl sites for hydroxylation is 1. The SMILES string of the molecule is C=CC1CC(c2ccc(OC)cc2)=CN1C(=O)c1cc(OC)c(OCCCOc2cc3c(cc2OC)C(=O)N2C=C(c4ccc(NCC)cc4)C[C@@H]2C=N3)cc1C.[HH].[HH]. The molecule has 3 heterocycles. The number of rotatable bonds is 15. The maximum atomic E-state index is 13.9. The van der Waals surface area contributed by atoms with E-state index in [9.17, 15) is 9.59 Å². The van der Waals surface area contributed by atoms with Crippen molar-refractivity contribution in [2.24, 2.45) is 4.99 Å². The Morgan fingerprint density at radius 1 is 0.860 bits per heavy atom. The molecule has 0 fully saturated rings. The van der Waals surface area contributed by atoms with Crippen LogP contribution >= 0.6 is 0 Å². The zero-order chi connectivity index (χ0) is 40.1. The Morgan fingerprint density at radius 3 is 2.16 bits per heavy atom. The number of amides is 2. The lowest BCUT2D eigenvalue weighted by Gasteiger charge is -2.22. The quantitative estimate of drug-likeness (QED) is 0.0941. The van der Waals surface area contributed by atoms with E-state index in [1.54, 1.807) is 55.4 Å². The van der Waals surface area contributed by atoms with Gasteiger partial charge in [-0.05, 0) is 90.6 Å². The number of hydrogen-bond acceptors (Lipinski definition) is 9. The lowest BCUT2D eigenvalue weighted by molar-refractivity contribution is 0.0801. The molecule has 4 aromatic rings. The molecule has 0 bridgehead atoms. The highest BCUT2D eigenvalue weighted by Gasteiger charge is 2.34. The molecule has 7 rings (SSSR count). The van der Waals surface area contributed by atoms with Gasteiger partial charge in [-0.3, -0.25) is 14.6 Å². The third kappa shape index (κ3) is 8.09. The first-order valence-corrected chi connectivity index (χ1v) is 19.1. The average Bonchev–Trinajstić information content (AvgIpc) is 3.85. The number of benzene rings is 4. The normalized spacial score (nSPS) is 16.9. The van der Waals surface area contributed by atoms with E-state index in [4.69, 9.17) is 28.7 Å². The number of methoxy groups -OCH3 is 3. The molecule has 0 saturated heterocycles. The first kappa shape index (κ1) is 38.8. The van der Waals surface area contributed by atoms with Gasteiger partial charge in [0.1, 0.15) is 5.75 Å². The van der Waals surface area contributed by atoms with Crippen molar-refractivity contribution in [3.05, 3.63) is 126 Å². The van der Waals surface area contributed by atoms with E-state index in [1.807, 2.05) is 55.9 Å². The molecule has 3 aliphatic rings. The molecule has 11 nitrogen and oxygen atoms in total. The lowest BCUT2D eigenvalue weighted by Crippen LogP contribution is -2.32. The molecule has 57 heavy (non-hydrogen) atoms. The fraction of sp³-hybridized carbons (Fsp3) is 0.283. The van der Waals surface area contributed by atoms with Crippen LogP contribution in [0.15, 0.2) is 103 Å². The summed E-state index contributed by atoms with van der Waals surface area (Å²) in [5.41, 5.74) is 7.55. The molecule has 2 amide bonds. The summed E-state index contributed by atoms with van der Waals surface area (Å²) in [5, 5.41) is 3.32. The molecule has 0 saturated carbocycles. The number of nitrogens with one attached hydrogen (secondary N) is 1. The van der Waals surface area contributed by atoms with Crippen LogP contribution in [0, 0.1) is 6.92 Å². The Bertz CT molecular complexity index is 2260. The number of carbonyl (C=O) groups excluding carboxylic acids is 2. The van der Waals surface area contributed by atoms with E-state index in [0.29, 0.717) is 72.3 Å². The van der Waals surface area contributed by atoms with Gasteiger partial charge in [0.05, 0.1) is 57.9 Å². The van der Waals surface area contributed by atoms with Crippen LogP contribution in [0.2, 0.25) is 0 Å². The summed E-state index contributed by atoms with van der Waals surface area (Å²) in [7, 11) is 4.74. The zero-order valence-electron chi connectivity index (χ0n) is 33.0. The standard InChI is InChI=1S/C46H48N4O7.2H2/c1-7-35-21-32(31-12-16-37(53-4)17-13-31)27-49(35)45(51)38-23-41(54-5)43(20-29(38)3)56-18-9-19-57-44-25-40-39(24-42(44)55-6)46(52)50-28-33(22-36(50)26-48-40)30-10-14-34(15-11-30)47-8-2;;/h7,10-17,20,23-28,35-36,47H,1,8-9,18-19,21-22H2,2-6H3;2*1H/t35?,36-;;/m1../s1. The number of carbonyl (C=O) groups is 2. The Hall–Kier alpha value is -6.49. The van der Waals surface area contributed by atoms with E-state index < -0.39 is 0 Å². The summed E-state index contributed by atoms with van der Waals surface area (Å²) in [6, 6.07) is 22.7. The first-order chi connectivity index (χ1) is 27.7. The largest absolute Gasteiger partial charge is 0.497 e. The first-order valence-electron chi connectivity index (χ1n) is 19.1. The molecule has 1 N–H and O–H groups in total. The number of hydrogen-bond donors (Lipinski definition) is 1. The third-order valence-corrected chi connectivity index (χ3v) is 10.4. The number of aliphatic imine (C=N–C) groups is 1. The molecule has 0 spiro atoms. The Balaban J connectivity index is 0.00000331. The summed E-state index contributed by atoms with van der Waals surface area (Å²) < 4.78 is 28.9. The maximum absolute atomic E-state index is 13.9. The number of nitrogens with zero attached hydrogens (tertiary/aromatic N) is 3. The van der Waals surface area contributed by atoms with Crippen molar-refractivity contribution in [3.8, 4) is 28.7 Å². The smallest absolute Gasteiger partial charge is 0.260 e. The van der Waals surface area contributed by atoms with Crippen LogP contribution in [0.4, 0.5) is 11.4 Å². The second-order valence-electron chi connectivity index (χ2n) is 14.0. The Morgan fingerprint density at radius 2 is 1.51 bits per heavy atom. The Kier molecular flexibility index (Phi) is 11.6. The molecular weight excluding hydrogens is 721 g/mol. The zero-order valence-corrected chi connectivity index (χ0v) is 33.0. The molecule has 11 heteroatoms.